The first-order valence-electron chi connectivity index (χ1n) is 5.55. The van der Waals surface area contributed by atoms with Crippen LogP contribution in [0.15, 0.2) is 41.4 Å². The van der Waals surface area contributed by atoms with Crippen molar-refractivity contribution in [1.82, 2.24) is 4.98 Å². The topological polar surface area (TPSA) is 45.9 Å². The van der Waals surface area contributed by atoms with E-state index >= 15 is 0 Å². The van der Waals surface area contributed by atoms with Gasteiger partial charge in [0.2, 0.25) is 0 Å². The Labute approximate surface area is 121 Å². The highest BCUT2D eigenvalue weighted by molar-refractivity contribution is 7.98. The molecule has 96 valence electrons. The zero-order chi connectivity index (χ0) is 13.7. The molecule has 0 bridgehead atoms. The molecule has 0 aliphatic rings. The molecule has 2 rings (SSSR count). The van der Waals surface area contributed by atoms with E-state index in [1.807, 2.05) is 36.4 Å². The predicted molar refractivity (Wildman–Crippen MR) is 76.5 cm³/mol. The van der Waals surface area contributed by atoms with E-state index in [-0.39, 0.29) is 0 Å². The van der Waals surface area contributed by atoms with Gasteiger partial charge in [0.15, 0.2) is 0 Å². The number of nitriles is 1. The molecule has 0 saturated carbocycles. The molecule has 5 heteroatoms. The predicted octanol–water partition coefficient (Wildman–Crippen LogP) is 3.91. The van der Waals surface area contributed by atoms with Gasteiger partial charge in [0.05, 0.1) is 17.2 Å². The van der Waals surface area contributed by atoms with E-state index in [1.54, 1.807) is 24.9 Å². The molecule has 0 radical (unpaired) electrons. The van der Waals surface area contributed by atoms with Crippen LogP contribution in [0.4, 0.5) is 0 Å². The second kappa shape index (κ2) is 6.46. The van der Waals surface area contributed by atoms with Crippen molar-refractivity contribution in [3.8, 4) is 11.8 Å². The molecule has 19 heavy (non-hydrogen) atoms. The minimum absolute atomic E-state index is 0.428. The van der Waals surface area contributed by atoms with Crippen molar-refractivity contribution in [3.05, 3.63) is 52.7 Å². The number of thioether (sulfide) groups is 1. The largest absolute Gasteiger partial charge is 0.495 e. The standard InChI is InChI=1S/C14H11ClN2OS/c1-18-13-6-5-10(7-12(13)15)9-19-14-4-2-3-11(8-16)17-14/h2-7H,9H2,1H3. The van der Waals surface area contributed by atoms with Crippen LogP contribution in [-0.2, 0) is 5.75 Å². The molecule has 0 aliphatic heterocycles. The summed E-state index contributed by atoms with van der Waals surface area (Å²) < 4.78 is 5.11. The zero-order valence-corrected chi connectivity index (χ0v) is 11.8. The Morgan fingerprint density at radius 3 is 2.89 bits per heavy atom. The van der Waals surface area contributed by atoms with Crippen LogP contribution in [0.2, 0.25) is 5.02 Å². The molecule has 0 saturated heterocycles. The Balaban J connectivity index is 2.06. The Hall–Kier alpha value is -1.70. The van der Waals surface area contributed by atoms with E-state index in [9.17, 15) is 0 Å². The summed E-state index contributed by atoms with van der Waals surface area (Å²) in [6.45, 7) is 0. The number of benzene rings is 1. The van der Waals surface area contributed by atoms with Gasteiger partial charge in [-0.25, -0.2) is 4.98 Å². The van der Waals surface area contributed by atoms with E-state index in [0.717, 1.165) is 16.3 Å². The normalized spacial score (nSPS) is 9.95. The van der Waals surface area contributed by atoms with Crippen molar-refractivity contribution in [2.24, 2.45) is 0 Å². The molecule has 0 atom stereocenters. The lowest BCUT2D eigenvalue weighted by Gasteiger charge is -2.06. The molecule has 0 unspecified atom stereocenters. The van der Waals surface area contributed by atoms with Crippen LogP contribution in [0.25, 0.3) is 0 Å². The van der Waals surface area contributed by atoms with Crippen molar-refractivity contribution in [2.75, 3.05) is 7.11 Å². The summed E-state index contributed by atoms with van der Waals surface area (Å²) >= 11 is 7.63. The summed E-state index contributed by atoms with van der Waals surface area (Å²) in [6, 6.07) is 13.1. The van der Waals surface area contributed by atoms with Crippen LogP contribution in [-0.4, -0.2) is 12.1 Å². The Morgan fingerprint density at radius 2 is 2.21 bits per heavy atom. The van der Waals surface area contributed by atoms with Gasteiger partial charge in [-0.3, -0.25) is 0 Å². The average Bonchev–Trinajstić information content (AvgIpc) is 2.45. The Bertz CT molecular complexity index is 625. The highest BCUT2D eigenvalue weighted by atomic mass is 35.5. The summed E-state index contributed by atoms with van der Waals surface area (Å²) in [4.78, 5) is 4.21. The summed E-state index contributed by atoms with van der Waals surface area (Å²) in [5.41, 5.74) is 1.51. The van der Waals surface area contributed by atoms with Crippen LogP contribution >= 0.6 is 23.4 Å². The fraction of sp³-hybridized carbons (Fsp3) is 0.143. The van der Waals surface area contributed by atoms with E-state index in [2.05, 4.69) is 4.98 Å². The minimum atomic E-state index is 0.428. The van der Waals surface area contributed by atoms with Crippen molar-refractivity contribution < 1.29 is 4.74 Å². The molecule has 1 heterocycles. The molecule has 3 nitrogen and oxygen atoms in total. The molecule has 0 fully saturated rings. The third-order valence-corrected chi connectivity index (χ3v) is 3.74. The fourth-order valence-corrected chi connectivity index (χ4v) is 2.63. The first-order valence-corrected chi connectivity index (χ1v) is 6.91. The van der Waals surface area contributed by atoms with Crippen LogP contribution in [0.3, 0.4) is 0 Å². The van der Waals surface area contributed by atoms with Crippen LogP contribution in [0.1, 0.15) is 11.3 Å². The van der Waals surface area contributed by atoms with Gasteiger partial charge in [-0.05, 0) is 29.8 Å². The molecular weight excluding hydrogens is 280 g/mol. The zero-order valence-electron chi connectivity index (χ0n) is 10.3. The van der Waals surface area contributed by atoms with Gasteiger partial charge in [-0.15, -0.1) is 11.8 Å². The quantitative estimate of drug-likeness (QED) is 0.801. The highest BCUT2D eigenvalue weighted by Gasteiger charge is 2.03. The lowest BCUT2D eigenvalue weighted by Crippen LogP contribution is -1.88. The Morgan fingerprint density at radius 1 is 1.37 bits per heavy atom. The second-order valence-corrected chi connectivity index (χ2v) is 5.13. The molecule has 2 aromatic rings. The molecule has 0 spiro atoms. The van der Waals surface area contributed by atoms with E-state index in [0.29, 0.717) is 16.5 Å². The first-order chi connectivity index (χ1) is 9.22. The molecule has 1 aromatic heterocycles. The maximum atomic E-state index is 8.79. The molecule has 0 amide bonds. The van der Waals surface area contributed by atoms with E-state index < -0.39 is 0 Å². The number of pyridine rings is 1. The minimum Gasteiger partial charge on any atom is -0.495 e. The van der Waals surface area contributed by atoms with Crippen LogP contribution < -0.4 is 4.74 Å². The SMILES string of the molecule is COc1ccc(CSc2cccc(C#N)n2)cc1Cl. The first kappa shape index (κ1) is 13.7. The average molecular weight is 291 g/mol. The van der Waals surface area contributed by atoms with Gasteiger partial charge in [-0.2, -0.15) is 5.26 Å². The maximum Gasteiger partial charge on any atom is 0.141 e. The summed E-state index contributed by atoms with van der Waals surface area (Å²) in [6.07, 6.45) is 0. The lowest BCUT2D eigenvalue weighted by atomic mass is 10.2. The summed E-state index contributed by atoms with van der Waals surface area (Å²) in [7, 11) is 1.59. The van der Waals surface area contributed by atoms with Crippen LogP contribution in [0, 0.1) is 11.3 Å². The number of halogens is 1. The van der Waals surface area contributed by atoms with Gasteiger partial charge in [-0.1, -0.05) is 23.7 Å². The number of methoxy groups -OCH3 is 1. The van der Waals surface area contributed by atoms with Crippen LogP contribution in [0.5, 0.6) is 5.75 Å². The summed E-state index contributed by atoms with van der Waals surface area (Å²) in [5.74, 6) is 1.41. The number of aromatic nitrogens is 1. The Kier molecular flexibility index (Phi) is 4.67. The van der Waals surface area contributed by atoms with Crippen molar-refractivity contribution in [2.45, 2.75) is 10.8 Å². The number of ether oxygens (including phenoxy) is 1. The monoisotopic (exact) mass is 290 g/mol. The van der Waals surface area contributed by atoms with Gasteiger partial charge in [0, 0.05) is 5.75 Å². The van der Waals surface area contributed by atoms with E-state index in [4.69, 9.17) is 21.6 Å². The van der Waals surface area contributed by atoms with Crippen molar-refractivity contribution in [3.63, 3.8) is 0 Å². The maximum absolute atomic E-state index is 8.79. The number of hydrogen-bond acceptors (Lipinski definition) is 4. The molecule has 0 N–H and O–H groups in total. The number of hydrogen-bond donors (Lipinski definition) is 0. The highest BCUT2D eigenvalue weighted by Crippen LogP contribution is 2.28. The smallest absolute Gasteiger partial charge is 0.141 e. The van der Waals surface area contributed by atoms with Crippen molar-refractivity contribution >= 4 is 23.4 Å². The van der Waals surface area contributed by atoms with E-state index in [1.165, 1.54) is 0 Å². The number of rotatable bonds is 4. The fourth-order valence-electron chi connectivity index (χ4n) is 1.51. The lowest BCUT2D eigenvalue weighted by molar-refractivity contribution is 0.415. The third kappa shape index (κ3) is 3.63. The molecular formula is C14H11ClN2OS. The molecule has 0 aliphatic carbocycles. The second-order valence-electron chi connectivity index (χ2n) is 3.73. The number of nitrogens with zero attached hydrogens (tertiary/aromatic N) is 2. The van der Waals surface area contributed by atoms with Gasteiger partial charge < -0.3 is 4.74 Å². The van der Waals surface area contributed by atoms with Crippen molar-refractivity contribution in [1.29, 1.82) is 5.26 Å². The third-order valence-electron chi connectivity index (χ3n) is 2.44. The summed E-state index contributed by atoms with van der Waals surface area (Å²) in [5, 5.41) is 10.2. The molecule has 1 aromatic carbocycles. The van der Waals surface area contributed by atoms with Gasteiger partial charge >= 0.3 is 0 Å². The van der Waals surface area contributed by atoms with Gasteiger partial charge in [0.25, 0.3) is 0 Å². The van der Waals surface area contributed by atoms with Gasteiger partial charge in [0.1, 0.15) is 17.5 Å².